The van der Waals surface area contributed by atoms with Crippen molar-refractivity contribution < 1.29 is 28.8 Å². The number of fused-ring (bicyclic) bond motifs is 1. The average Bonchev–Trinajstić information content (AvgIpc) is 3.80. The highest BCUT2D eigenvalue weighted by molar-refractivity contribution is 6.43. The van der Waals surface area contributed by atoms with E-state index in [1.807, 2.05) is 0 Å². The number of aryl methyl sites for hydroxylation is 3. The topological polar surface area (TPSA) is 210 Å². The Bertz CT molecular complexity index is 2090. The summed E-state index contributed by atoms with van der Waals surface area (Å²) in [6, 6.07) is 9.29. The average molecular weight is 718 g/mol. The van der Waals surface area contributed by atoms with Gasteiger partial charge in [-0.1, -0.05) is 18.2 Å². The summed E-state index contributed by atoms with van der Waals surface area (Å²) in [7, 11) is 6.67. The van der Waals surface area contributed by atoms with Gasteiger partial charge in [0.15, 0.2) is 0 Å². The number of nitrogens with one attached hydrogen (secondary N) is 5. The quantitative estimate of drug-likeness (QED) is 0.128. The van der Waals surface area contributed by atoms with Crippen molar-refractivity contribution in [2.24, 2.45) is 26.9 Å². The van der Waals surface area contributed by atoms with Crippen LogP contribution in [0.25, 0.3) is 0 Å². The maximum absolute atomic E-state index is 13.3. The number of benzene rings is 1. The molecule has 0 radical (unpaired) electrons. The normalized spacial score (nSPS) is 11.9. The van der Waals surface area contributed by atoms with Crippen LogP contribution in [0.3, 0.4) is 0 Å². The fourth-order valence-electron chi connectivity index (χ4n) is 5.45. The van der Waals surface area contributed by atoms with E-state index in [1.165, 1.54) is 32.3 Å². The summed E-state index contributed by atoms with van der Waals surface area (Å²) in [5.41, 5.74) is 9.01. The van der Waals surface area contributed by atoms with Crippen molar-refractivity contribution in [1.82, 2.24) is 24.0 Å². The zero-order valence-corrected chi connectivity index (χ0v) is 28.9. The van der Waals surface area contributed by atoms with Crippen LogP contribution in [-0.4, -0.2) is 67.9 Å². The van der Waals surface area contributed by atoms with Gasteiger partial charge in [-0.05, 0) is 36.4 Å². The number of aromatic nitrogens is 3. The summed E-state index contributed by atoms with van der Waals surface area (Å²) in [5.74, 6) is -2.46. The number of anilines is 5. The van der Waals surface area contributed by atoms with E-state index in [1.54, 1.807) is 74.6 Å². The summed E-state index contributed by atoms with van der Waals surface area (Å²) in [5, 5.41) is 16.6. The molecule has 0 aliphatic carbocycles. The van der Waals surface area contributed by atoms with Crippen LogP contribution < -0.4 is 37.3 Å². The number of nitrogens with two attached hydrogens (primary N) is 1. The zero-order chi connectivity index (χ0) is 37.1. The third kappa shape index (κ3) is 8.05. The molecule has 18 heteroatoms. The van der Waals surface area contributed by atoms with Gasteiger partial charge < -0.3 is 46.0 Å². The molecule has 0 saturated heterocycles. The molecule has 1 aliphatic heterocycles. The van der Waals surface area contributed by atoms with Gasteiger partial charge in [0, 0.05) is 71.0 Å². The second-order valence-corrected chi connectivity index (χ2v) is 12.2. The van der Waals surface area contributed by atoms with Crippen molar-refractivity contribution in [2.75, 3.05) is 39.9 Å². The first-order chi connectivity index (χ1) is 24.1. The third-order valence-electron chi connectivity index (χ3n) is 7.99. The van der Waals surface area contributed by atoms with E-state index in [9.17, 15) is 28.8 Å². The fourth-order valence-corrected chi connectivity index (χ4v) is 5.50. The Morgan fingerprint density at radius 3 is 1.75 bits per heavy atom. The number of halogens is 1. The standard InChI is InChI=1S/C33H36ClN11O6/c1-18(34)29(47)37-20-6-7-24-19(10-20)14-45(44(24)5)33(51)40-23-13-27(43(4)17-23)32(50)39-22-12-26(42(3)16-22)31(49)38-21-11-25(41(2)15-21)30(48)36-9-8-28(35)46/h6-7,10-13,15-17H,1,8-9,14H2,2-5H3,(H2,35,46)(H,36,48)(H,37,47)(H,38,49)(H,39,50)(H,40,51). The molecule has 51 heavy (non-hydrogen) atoms. The molecule has 3 aromatic heterocycles. The Hall–Kier alpha value is -6.49. The summed E-state index contributed by atoms with van der Waals surface area (Å²) >= 11 is 5.67. The Labute approximate surface area is 296 Å². The smallest absolute Gasteiger partial charge is 0.341 e. The summed E-state index contributed by atoms with van der Waals surface area (Å²) in [6.45, 7) is 3.73. The minimum Gasteiger partial charge on any atom is -0.370 e. The van der Waals surface area contributed by atoms with Crippen molar-refractivity contribution in [3.05, 3.63) is 89.2 Å². The second-order valence-electron chi connectivity index (χ2n) is 11.8. The van der Waals surface area contributed by atoms with Gasteiger partial charge in [-0.2, -0.15) is 0 Å². The highest BCUT2D eigenvalue weighted by atomic mass is 35.5. The van der Waals surface area contributed by atoms with Crippen LogP contribution in [-0.2, 0) is 37.3 Å². The largest absolute Gasteiger partial charge is 0.370 e. The SMILES string of the molecule is C=C(Cl)C(=O)Nc1ccc2c(c1)CN(C(=O)Nc1cc(C(=O)Nc3cc(C(=O)Nc4cc(C(=O)NCCC(N)=O)n(C)c4)n(C)c3)n(C)c1)N2C. The first-order valence-electron chi connectivity index (χ1n) is 15.4. The summed E-state index contributed by atoms with van der Waals surface area (Å²) < 4.78 is 4.63. The van der Waals surface area contributed by atoms with Gasteiger partial charge in [0.1, 0.15) is 17.1 Å². The van der Waals surface area contributed by atoms with Crippen molar-refractivity contribution in [3.8, 4) is 0 Å². The molecular formula is C33H36ClN11O6. The predicted molar refractivity (Wildman–Crippen MR) is 191 cm³/mol. The third-order valence-corrected chi connectivity index (χ3v) is 8.16. The molecule has 4 heterocycles. The van der Waals surface area contributed by atoms with E-state index in [4.69, 9.17) is 17.3 Å². The highest BCUT2D eigenvalue weighted by Gasteiger charge is 2.29. The molecule has 7 amide bonds. The van der Waals surface area contributed by atoms with Gasteiger partial charge in [-0.15, -0.1) is 0 Å². The van der Waals surface area contributed by atoms with E-state index >= 15 is 0 Å². The van der Waals surface area contributed by atoms with E-state index in [-0.39, 0.29) is 41.6 Å². The van der Waals surface area contributed by atoms with Gasteiger partial charge in [-0.25, -0.2) is 9.80 Å². The number of hydrazine groups is 1. The second kappa shape index (κ2) is 14.6. The molecule has 0 saturated carbocycles. The van der Waals surface area contributed by atoms with Crippen LogP contribution >= 0.6 is 11.6 Å². The zero-order valence-electron chi connectivity index (χ0n) is 28.2. The van der Waals surface area contributed by atoms with Crippen LogP contribution in [0.15, 0.2) is 66.6 Å². The molecule has 1 aromatic carbocycles. The molecule has 0 spiro atoms. The molecule has 0 atom stereocenters. The van der Waals surface area contributed by atoms with Crippen molar-refractivity contribution in [2.45, 2.75) is 13.0 Å². The van der Waals surface area contributed by atoms with Gasteiger partial charge in [-0.3, -0.25) is 29.0 Å². The number of hydrogen-bond acceptors (Lipinski definition) is 7. The first kappa shape index (κ1) is 35.8. The van der Waals surface area contributed by atoms with Crippen LogP contribution in [0.2, 0.25) is 0 Å². The number of carbonyl (C=O) groups is 6. The van der Waals surface area contributed by atoms with E-state index in [0.29, 0.717) is 22.7 Å². The lowest BCUT2D eigenvalue weighted by Crippen LogP contribution is -2.42. The number of amides is 7. The van der Waals surface area contributed by atoms with Gasteiger partial charge in [0.05, 0.1) is 34.3 Å². The molecule has 0 fully saturated rings. The lowest BCUT2D eigenvalue weighted by atomic mass is 10.1. The van der Waals surface area contributed by atoms with Crippen LogP contribution in [0, 0.1) is 0 Å². The number of primary amides is 1. The maximum atomic E-state index is 13.3. The molecule has 7 N–H and O–H groups in total. The molecule has 0 unspecified atom stereocenters. The number of hydrogen-bond donors (Lipinski definition) is 6. The number of rotatable bonds is 11. The van der Waals surface area contributed by atoms with Gasteiger partial charge >= 0.3 is 6.03 Å². The van der Waals surface area contributed by atoms with Crippen molar-refractivity contribution in [3.63, 3.8) is 0 Å². The highest BCUT2D eigenvalue weighted by Crippen LogP contribution is 2.33. The molecule has 1 aliphatic rings. The Morgan fingerprint density at radius 1 is 0.725 bits per heavy atom. The molecule has 0 bridgehead atoms. The van der Waals surface area contributed by atoms with Crippen LogP contribution in [0.4, 0.5) is 33.2 Å². The lowest BCUT2D eigenvalue weighted by molar-refractivity contribution is -0.118. The Kier molecular flexibility index (Phi) is 10.2. The van der Waals surface area contributed by atoms with E-state index in [2.05, 4.69) is 33.2 Å². The minimum atomic E-state index is -0.537. The molecule has 5 rings (SSSR count). The number of urea groups is 1. The fraction of sp³-hybridized carbons (Fsp3) is 0.212. The monoisotopic (exact) mass is 717 g/mol. The van der Waals surface area contributed by atoms with Crippen LogP contribution in [0.1, 0.15) is 43.4 Å². The Morgan fingerprint density at radius 2 is 1.24 bits per heavy atom. The maximum Gasteiger partial charge on any atom is 0.341 e. The van der Waals surface area contributed by atoms with E-state index < -0.39 is 35.6 Å². The van der Waals surface area contributed by atoms with E-state index in [0.717, 1.165) is 11.3 Å². The first-order valence-corrected chi connectivity index (χ1v) is 15.8. The van der Waals surface area contributed by atoms with Crippen molar-refractivity contribution >= 4 is 75.6 Å². The summed E-state index contributed by atoms with van der Waals surface area (Å²) in [4.78, 5) is 74.9. The summed E-state index contributed by atoms with van der Waals surface area (Å²) in [6.07, 6.45) is 4.74. The molecule has 17 nitrogen and oxygen atoms in total. The van der Waals surface area contributed by atoms with Gasteiger partial charge in [0.2, 0.25) is 5.91 Å². The lowest BCUT2D eigenvalue weighted by Gasteiger charge is -2.26. The molecular weight excluding hydrogens is 682 g/mol. The van der Waals surface area contributed by atoms with Crippen LogP contribution in [0.5, 0.6) is 0 Å². The number of nitrogens with zero attached hydrogens (tertiary/aromatic N) is 5. The molecule has 4 aromatic rings. The minimum absolute atomic E-state index is 0.000264. The number of carbonyl (C=O) groups excluding carboxylic acids is 6. The van der Waals surface area contributed by atoms with Gasteiger partial charge in [0.25, 0.3) is 23.6 Å². The Balaban J connectivity index is 1.19. The van der Waals surface area contributed by atoms with Crippen molar-refractivity contribution in [1.29, 1.82) is 0 Å². The molecule has 266 valence electrons. The predicted octanol–water partition coefficient (Wildman–Crippen LogP) is 2.90.